The van der Waals surface area contributed by atoms with Crippen LogP contribution in [0, 0.1) is 11.3 Å². The molecule has 1 saturated heterocycles. The number of hydrogen-bond acceptors (Lipinski definition) is 6. The highest BCUT2D eigenvalue weighted by molar-refractivity contribution is 6.31. The average molecular weight is 403 g/mol. The number of nitriles is 1. The lowest BCUT2D eigenvalue weighted by Gasteiger charge is -2.26. The van der Waals surface area contributed by atoms with Crippen LogP contribution in [0.5, 0.6) is 0 Å². The molecule has 3 N–H and O–H groups in total. The summed E-state index contributed by atoms with van der Waals surface area (Å²) in [5.74, 6) is -0.0902. The Morgan fingerprint density at radius 2 is 2.21 bits per heavy atom. The van der Waals surface area contributed by atoms with E-state index in [0.717, 1.165) is 0 Å². The fourth-order valence-corrected chi connectivity index (χ4v) is 2.97. The van der Waals surface area contributed by atoms with Gasteiger partial charge in [-0.15, -0.1) is 0 Å². The number of halogens is 1. The van der Waals surface area contributed by atoms with Gasteiger partial charge in [-0.2, -0.15) is 5.26 Å². The van der Waals surface area contributed by atoms with Crippen molar-refractivity contribution in [1.29, 1.82) is 5.26 Å². The molecule has 1 aromatic carbocycles. The zero-order valence-electron chi connectivity index (χ0n) is 15.5. The van der Waals surface area contributed by atoms with Gasteiger partial charge in [0.15, 0.2) is 0 Å². The van der Waals surface area contributed by atoms with Gasteiger partial charge >= 0.3 is 0 Å². The third-order valence-electron chi connectivity index (χ3n) is 4.28. The van der Waals surface area contributed by atoms with E-state index in [4.69, 9.17) is 27.3 Å². The Kier molecular flexibility index (Phi) is 8.20. The fourth-order valence-electron chi connectivity index (χ4n) is 2.80. The Bertz CT molecular complexity index is 823. The molecule has 0 bridgehead atoms. The summed E-state index contributed by atoms with van der Waals surface area (Å²) in [4.78, 5) is 18.1. The van der Waals surface area contributed by atoms with Crippen molar-refractivity contribution in [3.05, 3.63) is 52.7 Å². The molecule has 28 heavy (non-hydrogen) atoms. The molecule has 148 valence electrons. The first-order valence-electron chi connectivity index (χ1n) is 8.79. The Morgan fingerprint density at radius 3 is 2.86 bits per heavy atom. The van der Waals surface area contributed by atoms with E-state index in [0.29, 0.717) is 48.0 Å². The first kappa shape index (κ1) is 21.6. The van der Waals surface area contributed by atoms with Gasteiger partial charge in [0.05, 0.1) is 25.4 Å². The van der Waals surface area contributed by atoms with Gasteiger partial charge in [0.2, 0.25) is 5.91 Å². The standard InChI is InChI=1S/C20H23ClN4O3/c1-14(10-22)8-19(26)17-3-2-16(21)9-18(17)15(11-23)12-24-13-20(27)25-4-6-28-7-5-25/h2-3,9,11-12,19,26H,1,4-8,13,23H2/b15-11+,24-12?. The molecule has 8 heteroatoms. The number of carbonyl (C=O) groups is 1. The molecular formula is C20H23ClN4O3. The smallest absolute Gasteiger partial charge is 0.244 e. The van der Waals surface area contributed by atoms with Crippen LogP contribution < -0.4 is 5.73 Å². The molecule has 1 amide bonds. The SMILES string of the molecule is C=C(C#N)CC(O)c1ccc(Cl)cc1/C(C=NCC(=O)N1CCOCC1)=C/N. The third-order valence-corrected chi connectivity index (χ3v) is 4.52. The number of allylic oxidation sites excluding steroid dienone is 1. The Balaban J connectivity index is 2.16. The Labute approximate surface area is 169 Å². The summed E-state index contributed by atoms with van der Waals surface area (Å²) >= 11 is 6.10. The lowest BCUT2D eigenvalue weighted by atomic mass is 9.94. The van der Waals surface area contributed by atoms with Crippen molar-refractivity contribution >= 4 is 29.3 Å². The van der Waals surface area contributed by atoms with Crippen LogP contribution >= 0.6 is 11.6 Å². The molecular weight excluding hydrogens is 380 g/mol. The molecule has 2 rings (SSSR count). The fraction of sp³-hybridized carbons (Fsp3) is 0.350. The second-order valence-corrected chi connectivity index (χ2v) is 6.69. The van der Waals surface area contributed by atoms with Gasteiger partial charge in [0, 0.05) is 48.1 Å². The van der Waals surface area contributed by atoms with Crippen molar-refractivity contribution in [3.63, 3.8) is 0 Å². The minimum absolute atomic E-state index is 0.0129. The van der Waals surface area contributed by atoms with E-state index in [1.807, 2.05) is 6.07 Å². The number of aliphatic hydroxyl groups is 1. The molecule has 0 saturated carbocycles. The zero-order valence-corrected chi connectivity index (χ0v) is 16.2. The van der Waals surface area contributed by atoms with E-state index < -0.39 is 6.10 Å². The summed E-state index contributed by atoms with van der Waals surface area (Å²) in [6, 6.07) is 6.89. The maximum absolute atomic E-state index is 12.2. The number of benzene rings is 1. The summed E-state index contributed by atoms with van der Waals surface area (Å²) in [5, 5.41) is 19.8. The summed E-state index contributed by atoms with van der Waals surface area (Å²) in [6.45, 7) is 5.76. The number of amides is 1. The first-order valence-corrected chi connectivity index (χ1v) is 9.17. The number of aliphatic imine (C=N–C) groups is 1. The number of morpholine rings is 1. The number of rotatable bonds is 7. The molecule has 1 aliphatic heterocycles. The molecule has 1 atom stereocenters. The number of aliphatic hydroxyl groups excluding tert-OH is 1. The van der Waals surface area contributed by atoms with Crippen LogP contribution in [-0.4, -0.2) is 55.0 Å². The predicted octanol–water partition coefficient (Wildman–Crippen LogP) is 2.07. The number of nitrogens with zero attached hydrogens (tertiary/aromatic N) is 3. The van der Waals surface area contributed by atoms with Crippen molar-refractivity contribution in [2.24, 2.45) is 10.7 Å². The van der Waals surface area contributed by atoms with Crippen LogP contribution in [-0.2, 0) is 9.53 Å². The van der Waals surface area contributed by atoms with Crippen molar-refractivity contribution in [2.75, 3.05) is 32.8 Å². The predicted molar refractivity (Wildman–Crippen MR) is 109 cm³/mol. The molecule has 0 aromatic heterocycles. The van der Waals surface area contributed by atoms with E-state index in [9.17, 15) is 9.90 Å². The van der Waals surface area contributed by atoms with Crippen LogP contribution in [0.4, 0.5) is 0 Å². The molecule has 0 spiro atoms. The molecule has 1 heterocycles. The van der Waals surface area contributed by atoms with Gasteiger partial charge in [0.25, 0.3) is 0 Å². The minimum atomic E-state index is -0.947. The highest BCUT2D eigenvalue weighted by Gasteiger charge is 2.18. The van der Waals surface area contributed by atoms with E-state index in [-0.39, 0.29) is 24.4 Å². The van der Waals surface area contributed by atoms with Gasteiger partial charge < -0.3 is 20.5 Å². The van der Waals surface area contributed by atoms with Gasteiger partial charge in [-0.3, -0.25) is 9.79 Å². The number of ether oxygens (including phenoxy) is 1. The Hall–Kier alpha value is -2.66. The monoisotopic (exact) mass is 402 g/mol. The van der Waals surface area contributed by atoms with Crippen molar-refractivity contribution in [1.82, 2.24) is 4.90 Å². The summed E-state index contributed by atoms with van der Waals surface area (Å²) in [6.07, 6.45) is 1.97. The third kappa shape index (κ3) is 5.92. The van der Waals surface area contributed by atoms with Crippen LogP contribution in [0.25, 0.3) is 5.57 Å². The average Bonchev–Trinajstić information content (AvgIpc) is 2.71. The summed E-state index contributed by atoms with van der Waals surface area (Å²) in [7, 11) is 0. The second-order valence-electron chi connectivity index (χ2n) is 6.25. The number of carbonyl (C=O) groups excluding carboxylic acids is 1. The van der Waals surface area contributed by atoms with Crippen LogP contribution in [0.3, 0.4) is 0 Å². The first-order chi connectivity index (χ1) is 13.5. The van der Waals surface area contributed by atoms with Gasteiger partial charge in [-0.25, -0.2) is 0 Å². The van der Waals surface area contributed by atoms with Gasteiger partial charge in [-0.1, -0.05) is 24.2 Å². The molecule has 1 aromatic rings. The van der Waals surface area contributed by atoms with Crippen LogP contribution in [0.2, 0.25) is 5.02 Å². The number of nitrogens with two attached hydrogens (primary N) is 1. The number of hydrogen-bond donors (Lipinski definition) is 2. The molecule has 7 nitrogen and oxygen atoms in total. The van der Waals surface area contributed by atoms with E-state index in [2.05, 4.69) is 11.6 Å². The zero-order chi connectivity index (χ0) is 20.5. The quantitative estimate of drug-likeness (QED) is 0.535. The molecule has 1 unspecified atom stereocenters. The molecule has 0 aliphatic carbocycles. The van der Waals surface area contributed by atoms with E-state index in [1.54, 1.807) is 23.1 Å². The maximum Gasteiger partial charge on any atom is 0.244 e. The largest absolute Gasteiger partial charge is 0.404 e. The second kappa shape index (κ2) is 10.6. The summed E-state index contributed by atoms with van der Waals surface area (Å²) < 4.78 is 5.23. The maximum atomic E-state index is 12.2. The van der Waals surface area contributed by atoms with Gasteiger partial charge in [0.1, 0.15) is 6.54 Å². The minimum Gasteiger partial charge on any atom is -0.404 e. The van der Waals surface area contributed by atoms with Gasteiger partial charge in [-0.05, 0) is 23.3 Å². The Morgan fingerprint density at radius 1 is 1.50 bits per heavy atom. The normalized spacial score (nSPS) is 16.0. The lowest BCUT2D eigenvalue weighted by Crippen LogP contribution is -2.41. The topological polar surface area (TPSA) is 112 Å². The van der Waals surface area contributed by atoms with E-state index >= 15 is 0 Å². The molecule has 1 aliphatic rings. The van der Waals surface area contributed by atoms with Crippen molar-refractivity contribution in [2.45, 2.75) is 12.5 Å². The summed E-state index contributed by atoms with van der Waals surface area (Å²) in [5.41, 5.74) is 7.64. The highest BCUT2D eigenvalue weighted by Crippen LogP contribution is 2.30. The van der Waals surface area contributed by atoms with Crippen molar-refractivity contribution < 1.29 is 14.6 Å². The van der Waals surface area contributed by atoms with Crippen LogP contribution in [0.1, 0.15) is 23.7 Å². The van der Waals surface area contributed by atoms with Crippen molar-refractivity contribution in [3.8, 4) is 6.07 Å². The molecule has 1 fully saturated rings. The lowest BCUT2D eigenvalue weighted by molar-refractivity contribution is -0.133. The van der Waals surface area contributed by atoms with Crippen LogP contribution in [0.15, 0.2) is 41.5 Å². The van der Waals surface area contributed by atoms with E-state index in [1.165, 1.54) is 12.4 Å². The highest BCUT2D eigenvalue weighted by atomic mass is 35.5. The molecule has 0 radical (unpaired) electrons.